The molecule has 0 aromatic heterocycles. The predicted octanol–water partition coefficient (Wildman–Crippen LogP) is 3.85. The zero-order chi connectivity index (χ0) is 20.3. The number of rotatable bonds is 5. The molecule has 1 saturated heterocycles. The topological polar surface area (TPSA) is 41.6 Å². The van der Waals surface area contributed by atoms with Crippen LogP contribution in [0.2, 0.25) is 0 Å². The van der Waals surface area contributed by atoms with Crippen molar-refractivity contribution in [3.8, 4) is 5.75 Å². The standard InChI is InChI=1S/C22H25F3N2O2/c1-12(26-21(28)15-3-2-4-16(9-15)29-22(23,24)25)20-17-10-27(11-18(17)20)19-8-13-5-6-14(19)7-13/h2-6,9,12-14,17-20H,7-8,10-11H2,1H3,(H,26,28). The molecule has 6 unspecified atom stereocenters. The Morgan fingerprint density at radius 1 is 1.21 bits per heavy atom. The Morgan fingerprint density at radius 3 is 2.59 bits per heavy atom. The second-order valence-corrected chi connectivity index (χ2v) is 9.04. The van der Waals surface area contributed by atoms with Gasteiger partial charge in [0.25, 0.3) is 5.91 Å². The van der Waals surface area contributed by atoms with Crippen molar-refractivity contribution in [2.24, 2.45) is 29.6 Å². The number of amides is 1. The van der Waals surface area contributed by atoms with Crippen molar-refractivity contribution < 1.29 is 22.7 Å². The Balaban J connectivity index is 1.15. The lowest BCUT2D eigenvalue weighted by Gasteiger charge is -2.32. The first kappa shape index (κ1) is 19.0. The Labute approximate surface area is 168 Å². The first-order valence-electron chi connectivity index (χ1n) is 10.4. The number of nitrogens with one attached hydrogen (secondary N) is 1. The number of halogens is 3. The van der Waals surface area contributed by atoms with Gasteiger partial charge in [-0.1, -0.05) is 18.2 Å². The van der Waals surface area contributed by atoms with E-state index in [4.69, 9.17) is 0 Å². The molecule has 4 nitrogen and oxygen atoms in total. The summed E-state index contributed by atoms with van der Waals surface area (Å²) in [6.07, 6.45) is 2.58. The first-order valence-corrected chi connectivity index (χ1v) is 10.4. The van der Waals surface area contributed by atoms with E-state index < -0.39 is 6.36 Å². The molecule has 1 aliphatic heterocycles. The molecule has 3 fully saturated rings. The number of ether oxygens (including phenoxy) is 1. The molecule has 156 valence electrons. The number of carbonyl (C=O) groups is 1. The van der Waals surface area contributed by atoms with Crippen molar-refractivity contribution >= 4 is 5.91 Å². The molecule has 1 aromatic carbocycles. The summed E-state index contributed by atoms with van der Waals surface area (Å²) in [5.41, 5.74) is 0.180. The van der Waals surface area contributed by atoms with Crippen molar-refractivity contribution in [1.82, 2.24) is 10.2 Å². The predicted molar refractivity (Wildman–Crippen MR) is 101 cm³/mol. The number of likely N-dealkylation sites (tertiary alicyclic amines) is 1. The van der Waals surface area contributed by atoms with Crippen LogP contribution in [0.4, 0.5) is 13.2 Å². The van der Waals surface area contributed by atoms with E-state index in [2.05, 4.69) is 27.1 Å². The number of nitrogens with zero attached hydrogens (tertiary/aromatic N) is 1. The summed E-state index contributed by atoms with van der Waals surface area (Å²) >= 11 is 0. The smallest absolute Gasteiger partial charge is 0.406 e. The van der Waals surface area contributed by atoms with Crippen LogP contribution in [0.15, 0.2) is 36.4 Å². The largest absolute Gasteiger partial charge is 0.573 e. The summed E-state index contributed by atoms with van der Waals surface area (Å²) in [7, 11) is 0. The number of alkyl halides is 3. The highest BCUT2D eigenvalue weighted by atomic mass is 19.4. The van der Waals surface area contributed by atoms with Crippen LogP contribution in [0.3, 0.4) is 0 Å². The van der Waals surface area contributed by atoms with Crippen LogP contribution in [-0.2, 0) is 0 Å². The molecule has 1 heterocycles. The Bertz CT molecular complexity index is 828. The summed E-state index contributed by atoms with van der Waals surface area (Å²) in [6, 6.07) is 5.93. The van der Waals surface area contributed by atoms with Crippen LogP contribution in [0.25, 0.3) is 0 Å². The zero-order valence-electron chi connectivity index (χ0n) is 16.2. The minimum absolute atomic E-state index is 0.00626. The lowest BCUT2D eigenvalue weighted by atomic mass is 9.99. The summed E-state index contributed by atoms with van der Waals surface area (Å²) in [6.45, 7) is 4.21. The molecule has 4 aliphatic rings. The van der Waals surface area contributed by atoms with Crippen molar-refractivity contribution in [2.75, 3.05) is 13.1 Å². The Hall–Kier alpha value is -2.02. The summed E-state index contributed by atoms with van der Waals surface area (Å²) in [5.74, 6) is 2.45. The average molecular weight is 406 g/mol. The quantitative estimate of drug-likeness (QED) is 0.756. The van der Waals surface area contributed by atoms with Gasteiger partial charge in [-0.2, -0.15) is 0 Å². The van der Waals surface area contributed by atoms with Crippen molar-refractivity contribution in [1.29, 1.82) is 0 Å². The lowest BCUT2D eigenvalue weighted by Crippen LogP contribution is -2.41. The summed E-state index contributed by atoms with van der Waals surface area (Å²) in [4.78, 5) is 15.2. The molecule has 2 saturated carbocycles. The molecular formula is C22H25F3N2O2. The molecule has 5 rings (SSSR count). The monoisotopic (exact) mass is 406 g/mol. The lowest BCUT2D eigenvalue weighted by molar-refractivity contribution is -0.274. The third kappa shape index (κ3) is 3.65. The zero-order valence-corrected chi connectivity index (χ0v) is 16.2. The highest BCUT2D eigenvalue weighted by Gasteiger charge is 2.59. The third-order valence-corrected chi connectivity index (χ3v) is 7.27. The number of benzene rings is 1. The summed E-state index contributed by atoms with van der Waals surface area (Å²) in [5, 5.41) is 2.98. The van der Waals surface area contributed by atoms with E-state index in [9.17, 15) is 18.0 Å². The summed E-state index contributed by atoms with van der Waals surface area (Å²) < 4.78 is 41.1. The van der Waals surface area contributed by atoms with Crippen LogP contribution in [0, 0.1) is 29.6 Å². The third-order valence-electron chi connectivity index (χ3n) is 7.27. The van der Waals surface area contributed by atoms with Gasteiger partial charge in [-0.25, -0.2) is 0 Å². The Kier molecular flexibility index (Phi) is 4.42. The fourth-order valence-electron chi connectivity index (χ4n) is 6.01. The van der Waals surface area contributed by atoms with Crippen molar-refractivity contribution in [3.05, 3.63) is 42.0 Å². The fourth-order valence-corrected chi connectivity index (χ4v) is 6.01. The van der Waals surface area contributed by atoms with Gasteiger partial charge in [0.1, 0.15) is 5.75 Å². The van der Waals surface area contributed by atoms with E-state index in [1.165, 1.54) is 31.0 Å². The van der Waals surface area contributed by atoms with Crippen LogP contribution in [0.1, 0.15) is 30.1 Å². The number of piperidine rings is 1. The molecule has 7 heteroatoms. The van der Waals surface area contributed by atoms with Gasteiger partial charge in [-0.3, -0.25) is 9.69 Å². The molecule has 0 radical (unpaired) electrons. The molecule has 29 heavy (non-hydrogen) atoms. The van der Waals surface area contributed by atoms with Crippen molar-refractivity contribution in [3.63, 3.8) is 0 Å². The van der Waals surface area contributed by atoms with E-state index in [0.717, 1.165) is 31.0 Å². The molecule has 3 aliphatic carbocycles. The average Bonchev–Trinajstić information content (AvgIpc) is 3.08. The molecule has 1 aromatic rings. The number of fused-ring (bicyclic) bond motifs is 3. The normalized spacial score (nSPS) is 36.1. The SMILES string of the molecule is CC(NC(=O)c1cccc(OC(F)(F)F)c1)C1C2CN(C3CC4C=CC3C4)CC21. The first-order chi connectivity index (χ1) is 13.8. The molecule has 2 bridgehead atoms. The van der Waals surface area contributed by atoms with Gasteiger partial charge >= 0.3 is 6.36 Å². The maximum atomic E-state index is 12.5. The van der Waals surface area contributed by atoms with Crippen molar-refractivity contribution in [2.45, 2.75) is 38.2 Å². The number of hydrogen-bond donors (Lipinski definition) is 1. The highest BCUT2D eigenvalue weighted by Crippen LogP contribution is 2.56. The van der Waals surface area contributed by atoms with Gasteiger partial charge in [0.15, 0.2) is 0 Å². The van der Waals surface area contributed by atoms with E-state index in [1.807, 2.05) is 6.92 Å². The number of hydrogen-bond acceptors (Lipinski definition) is 3. The molecule has 0 spiro atoms. The molecule has 6 atom stereocenters. The van der Waals surface area contributed by atoms with Gasteiger partial charge in [-0.15, -0.1) is 13.2 Å². The van der Waals surface area contributed by atoms with Crippen LogP contribution in [0.5, 0.6) is 5.75 Å². The molecule has 1 N–H and O–H groups in total. The van der Waals surface area contributed by atoms with E-state index in [-0.39, 0.29) is 23.3 Å². The second-order valence-electron chi connectivity index (χ2n) is 9.04. The Morgan fingerprint density at radius 2 is 1.97 bits per heavy atom. The van der Waals surface area contributed by atoms with Gasteiger partial charge in [0.2, 0.25) is 0 Å². The number of carbonyl (C=O) groups excluding carboxylic acids is 1. The van der Waals surface area contributed by atoms with Crippen LogP contribution < -0.4 is 10.1 Å². The number of allylic oxidation sites excluding steroid dienone is 1. The van der Waals surface area contributed by atoms with E-state index in [0.29, 0.717) is 23.8 Å². The van der Waals surface area contributed by atoms with Gasteiger partial charge in [0.05, 0.1) is 0 Å². The minimum atomic E-state index is -4.77. The second kappa shape index (κ2) is 6.76. The molecule has 1 amide bonds. The molecular weight excluding hydrogens is 381 g/mol. The van der Waals surface area contributed by atoms with Crippen LogP contribution >= 0.6 is 0 Å². The van der Waals surface area contributed by atoms with Gasteiger partial charge in [0, 0.05) is 30.7 Å². The van der Waals surface area contributed by atoms with E-state index in [1.54, 1.807) is 0 Å². The van der Waals surface area contributed by atoms with Gasteiger partial charge in [-0.05, 0) is 67.6 Å². The fraction of sp³-hybridized carbons (Fsp3) is 0.591. The van der Waals surface area contributed by atoms with Crippen LogP contribution in [-0.4, -0.2) is 42.3 Å². The maximum Gasteiger partial charge on any atom is 0.573 e. The maximum absolute atomic E-state index is 12.5. The highest BCUT2D eigenvalue weighted by molar-refractivity contribution is 5.94. The van der Waals surface area contributed by atoms with E-state index >= 15 is 0 Å². The van der Waals surface area contributed by atoms with Gasteiger partial charge < -0.3 is 10.1 Å². The minimum Gasteiger partial charge on any atom is -0.406 e.